The van der Waals surface area contributed by atoms with E-state index in [1.54, 1.807) is 5.34 Å². The van der Waals surface area contributed by atoms with Gasteiger partial charge in [0, 0.05) is 0 Å². The summed E-state index contributed by atoms with van der Waals surface area (Å²) >= 11 is 0. The summed E-state index contributed by atoms with van der Waals surface area (Å²) in [5.41, 5.74) is 0. The van der Waals surface area contributed by atoms with E-state index in [-0.39, 0.29) is 17.1 Å². The van der Waals surface area contributed by atoms with Gasteiger partial charge in [-0.25, -0.2) is 12.8 Å². The van der Waals surface area contributed by atoms with Crippen LogP contribution in [0.5, 0.6) is 0 Å². The molecule has 1 N–H and O–H groups in total. The maximum atomic E-state index is 8.51. The molecule has 54 valence electrons. The van der Waals surface area contributed by atoms with Gasteiger partial charge in [0.2, 0.25) is 0 Å². The quantitative estimate of drug-likeness (QED) is 0.277. The van der Waals surface area contributed by atoms with Crippen molar-refractivity contribution in [3.05, 3.63) is 24.7 Å². The van der Waals surface area contributed by atoms with E-state index >= 15 is 0 Å². The zero-order valence-corrected chi connectivity index (χ0v) is 6.15. The van der Waals surface area contributed by atoms with Crippen molar-refractivity contribution < 1.29 is 22.0 Å². The SMILES string of the molecule is [CH2-]CC[CH2-].[Mn+3].[NH-]ON=O. The Labute approximate surface area is 65.5 Å². The summed E-state index contributed by atoms with van der Waals surface area (Å²) in [6.07, 6.45) is 1.92. The average molecular weight is 172 g/mol. The standard InChI is InChI=1S/C4H8.Mn.HN2O2/c1-3-4-2;;1-4-2-3/h1-4H2;;1H/q-2;+3;-1. The summed E-state index contributed by atoms with van der Waals surface area (Å²) in [4.78, 5) is 11.4. The number of hydrogen-bond acceptors (Lipinski definition) is 3. The van der Waals surface area contributed by atoms with Crippen molar-refractivity contribution in [3.8, 4) is 0 Å². The van der Waals surface area contributed by atoms with E-state index in [4.69, 9.17) is 10.8 Å². The van der Waals surface area contributed by atoms with Crippen LogP contribution in [0, 0.1) is 18.8 Å². The minimum absolute atomic E-state index is 0. The van der Waals surface area contributed by atoms with Crippen molar-refractivity contribution in [2.45, 2.75) is 12.8 Å². The topological polar surface area (TPSA) is 62.5 Å². The van der Waals surface area contributed by atoms with E-state index in [0.717, 1.165) is 12.8 Å². The van der Waals surface area contributed by atoms with E-state index in [2.05, 4.69) is 18.8 Å². The van der Waals surface area contributed by atoms with Crippen molar-refractivity contribution in [2.24, 2.45) is 5.34 Å². The second kappa shape index (κ2) is 24.8. The third kappa shape index (κ3) is 77.1. The predicted octanol–water partition coefficient (Wildman–Crippen LogP) is 2.08. The third-order valence-electron chi connectivity index (χ3n) is 0.287. The van der Waals surface area contributed by atoms with Crippen LogP contribution in [0.4, 0.5) is 0 Å². The maximum absolute atomic E-state index is 8.51. The van der Waals surface area contributed by atoms with Gasteiger partial charge in [-0.05, 0) is 0 Å². The molecule has 0 amide bonds. The van der Waals surface area contributed by atoms with Crippen LogP contribution in [-0.2, 0) is 22.0 Å². The Bertz CT molecular complexity index is 43.5. The Hall–Kier alpha value is -0.121. The van der Waals surface area contributed by atoms with Gasteiger partial charge in [0.25, 0.3) is 0 Å². The number of hydrogen-bond donors (Lipinski definition) is 0. The van der Waals surface area contributed by atoms with Crippen molar-refractivity contribution in [1.82, 2.24) is 0 Å². The minimum Gasteiger partial charge on any atom is -0.461 e. The zero-order valence-electron chi connectivity index (χ0n) is 4.97. The van der Waals surface area contributed by atoms with E-state index in [0.29, 0.717) is 0 Å². The van der Waals surface area contributed by atoms with E-state index in [1.165, 1.54) is 0 Å². The molecule has 9 heavy (non-hydrogen) atoms. The maximum Gasteiger partial charge on any atom is 3.00 e. The van der Waals surface area contributed by atoms with Crippen molar-refractivity contribution >= 4 is 0 Å². The summed E-state index contributed by atoms with van der Waals surface area (Å²) < 4.78 is 0. The van der Waals surface area contributed by atoms with Gasteiger partial charge >= 0.3 is 17.1 Å². The molecule has 0 saturated heterocycles. The molecule has 0 aromatic heterocycles. The molecule has 0 unspecified atom stereocenters. The fourth-order valence-electron chi connectivity index (χ4n) is 0. The average Bonchev–Trinajstić information content (AvgIpc) is 1.88. The van der Waals surface area contributed by atoms with Gasteiger partial charge in [-0.15, -0.1) is 4.91 Å². The van der Waals surface area contributed by atoms with Crippen LogP contribution in [0.25, 0.3) is 5.90 Å². The fraction of sp³-hybridized carbons (Fsp3) is 0.500. The number of nitrogens with zero attached hydrogens (tertiary/aromatic N) is 1. The summed E-state index contributed by atoms with van der Waals surface area (Å²) in [5, 5.41) is 1.65. The first-order chi connectivity index (χ1) is 3.83. The van der Waals surface area contributed by atoms with E-state index in [9.17, 15) is 0 Å². The molecule has 0 aromatic rings. The third-order valence-corrected chi connectivity index (χ3v) is 0.287. The summed E-state index contributed by atoms with van der Waals surface area (Å²) in [6, 6.07) is 0. The molecule has 0 atom stereocenters. The second-order valence-electron chi connectivity index (χ2n) is 0.873. The van der Waals surface area contributed by atoms with Crippen LogP contribution in [0.2, 0.25) is 0 Å². The van der Waals surface area contributed by atoms with Crippen molar-refractivity contribution in [1.29, 1.82) is 0 Å². The second-order valence-corrected chi connectivity index (χ2v) is 0.873. The van der Waals surface area contributed by atoms with Gasteiger partial charge in [-0.1, -0.05) is 0 Å². The number of rotatable bonds is 2. The Morgan fingerprint density at radius 1 is 1.44 bits per heavy atom. The predicted molar refractivity (Wildman–Crippen MR) is 31.1 cm³/mol. The smallest absolute Gasteiger partial charge is 0.461 e. The number of unbranched alkanes of at least 4 members (excludes halogenated alkanes) is 1. The molecule has 5 heteroatoms. The van der Waals surface area contributed by atoms with Crippen LogP contribution in [0.15, 0.2) is 5.34 Å². The molecule has 0 aliphatic carbocycles. The Morgan fingerprint density at radius 2 is 1.67 bits per heavy atom. The fourth-order valence-corrected chi connectivity index (χ4v) is 0. The first-order valence-electron chi connectivity index (χ1n) is 2.07. The molecular formula is C4H9MnN2O2. The van der Waals surface area contributed by atoms with Gasteiger partial charge in [0.1, 0.15) is 5.34 Å². The molecule has 0 fully saturated rings. The van der Waals surface area contributed by atoms with Gasteiger partial charge in [0.05, 0.1) is 0 Å². The Balaban J connectivity index is -0.0000000720. The molecule has 0 radical (unpaired) electrons. The van der Waals surface area contributed by atoms with Crippen LogP contribution >= 0.6 is 0 Å². The van der Waals surface area contributed by atoms with E-state index < -0.39 is 0 Å². The largest absolute Gasteiger partial charge is 3.00 e. The van der Waals surface area contributed by atoms with Crippen molar-refractivity contribution in [2.75, 3.05) is 0 Å². The molecule has 0 aliphatic heterocycles. The number of nitrogens with one attached hydrogen (secondary N) is 1. The molecule has 0 spiro atoms. The first kappa shape index (κ1) is 15.9. The van der Waals surface area contributed by atoms with Crippen LogP contribution in [0.3, 0.4) is 0 Å². The van der Waals surface area contributed by atoms with Gasteiger partial charge in [0.15, 0.2) is 0 Å². The molecular weight excluding hydrogens is 163 g/mol. The van der Waals surface area contributed by atoms with Crippen molar-refractivity contribution in [3.63, 3.8) is 0 Å². The zero-order chi connectivity index (χ0) is 6.83. The normalized spacial score (nSPS) is 5.67. The van der Waals surface area contributed by atoms with Crippen LogP contribution < -0.4 is 0 Å². The van der Waals surface area contributed by atoms with E-state index in [1.807, 2.05) is 0 Å². The molecule has 0 saturated carbocycles. The van der Waals surface area contributed by atoms with Gasteiger partial charge in [-0.3, -0.25) is 0 Å². The molecule has 0 aliphatic rings. The molecule has 0 aromatic carbocycles. The molecule has 4 nitrogen and oxygen atoms in total. The Morgan fingerprint density at radius 3 is 1.67 bits per heavy atom. The summed E-state index contributed by atoms with van der Waals surface area (Å²) in [7, 11) is 0. The monoisotopic (exact) mass is 172 g/mol. The molecule has 0 bridgehead atoms. The van der Waals surface area contributed by atoms with Gasteiger partial charge < -0.3 is 24.7 Å². The van der Waals surface area contributed by atoms with Gasteiger partial charge in [-0.2, -0.15) is 0 Å². The van der Waals surface area contributed by atoms with Crippen LogP contribution in [0.1, 0.15) is 12.8 Å². The van der Waals surface area contributed by atoms with Crippen LogP contribution in [-0.4, -0.2) is 0 Å². The Kier molecular flexibility index (Phi) is 43.9. The molecule has 0 rings (SSSR count). The minimum atomic E-state index is 0. The molecule has 0 heterocycles. The first-order valence-corrected chi connectivity index (χ1v) is 2.07. The summed E-state index contributed by atoms with van der Waals surface area (Å²) in [5.74, 6) is 5.47. The summed E-state index contributed by atoms with van der Waals surface area (Å²) in [6.45, 7) is 7.08.